The first kappa shape index (κ1) is 9.05. The minimum atomic E-state index is 0.806. The smallest absolute Gasteiger partial charge is 0.0144 e. The van der Waals surface area contributed by atoms with Gasteiger partial charge in [0.15, 0.2) is 0 Å². The molecule has 0 radical (unpaired) electrons. The Morgan fingerprint density at radius 2 is 1.82 bits per heavy atom. The second-order valence-electron chi connectivity index (χ2n) is 4.51. The molecule has 1 unspecified atom stereocenters. The normalized spacial score (nSPS) is 40.4. The van der Waals surface area contributed by atoms with Crippen LogP contribution in [0, 0.1) is 17.8 Å². The summed E-state index contributed by atoms with van der Waals surface area (Å²) in [5, 5.41) is 0. The minimum absolute atomic E-state index is 0.806. The molecule has 1 aliphatic heterocycles. The lowest BCUT2D eigenvalue weighted by Gasteiger charge is -2.26. The van der Waals surface area contributed by atoms with Crippen molar-refractivity contribution in [2.24, 2.45) is 17.8 Å². The molecular formula is C10H21N. The van der Waals surface area contributed by atoms with Crippen molar-refractivity contribution in [3.05, 3.63) is 0 Å². The lowest BCUT2D eigenvalue weighted by atomic mass is 9.88. The lowest BCUT2D eigenvalue weighted by molar-refractivity contribution is 0.217. The molecule has 1 heteroatoms. The molecule has 1 heterocycles. The van der Waals surface area contributed by atoms with Gasteiger partial charge in [-0.1, -0.05) is 27.7 Å². The second kappa shape index (κ2) is 3.14. The van der Waals surface area contributed by atoms with E-state index < -0.39 is 0 Å². The Kier molecular flexibility index (Phi) is 2.58. The topological polar surface area (TPSA) is 3.24 Å². The molecule has 66 valence electrons. The summed E-state index contributed by atoms with van der Waals surface area (Å²) < 4.78 is 0. The molecule has 1 saturated heterocycles. The first-order valence-electron chi connectivity index (χ1n) is 4.74. The molecule has 0 bridgehead atoms. The van der Waals surface area contributed by atoms with Crippen molar-refractivity contribution in [2.45, 2.75) is 33.7 Å². The monoisotopic (exact) mass is 155 g/mol. The van der Waals surface area contributed by atoms with E-state index in [2.05, 4.69) is 39.6 Å². The average molecular weight is 155 g/mol. The highest BCUT2D eigenvalue weighted by Gasteiger charge is 2.35. The van der Waals surface area contributed by atoms with E-state index in [1.807, 2.05) is 0 Å². The Balaban J connectivity index is 2.63. The minimum Gasteiger partial charge on any atom is -0.303 e. The largest absolute Gasteiger partial charge is 0.303 e. The van der Waals surface area contributed by atoms with Crippen molar-refractivity contribution < 1.29 is 0 Å². The summed E-state index contributed by atoms with van der Waals surface area (Å²) >= 11 is 0. The molecule has 0 saturated carbocycles. The third kappa shape index (κ3) is 1.58. The van der Waals surface area contributed by atoms with Crippen LogP contribution in [0.2, 0.25) is 0 Å². The van der Waals surface area contributed by atoms with E-state index in [4.69, 9.17) is 0 Å². The van der Waals surface area contributed by atoms with Gasteiger partial charge in [0, 0.05) is 12.6 Å². The first-order valence-corrected chi connectivity index (χ1v) is 4.74. The van der Waals surface area contributed by atoms with E-state index in [0.29, 0.717) is 0 Å². The lowest BCUT2D eigenvalue weighted by Crippen LogP contribution is -2.33. The van der Waals surface area contributed by atoms with Crippen LogP contribution >= 0.6 is 0 Å². The van der Waals surface area contributed by atoms with Crippen molar-refractivity contribution in [1.82, 2.24) is 4.90 Å². The van der Waals surface area contributed by atoms with E-state index in [0.717, 1.165) is 23.8 Å². The zero-order chi connectivity index (χ0) is 8.59. The summed E-state index contributed by atoms with van der Waals surface area (Å²) in [4.78, 5) is 2.51. The SMILES string of the molecule is CC(C)C1[C@@H](C)[C@@H](C)CN1C. The highest BCUT2D eigenvalue weighted by atomic mass is 15.2. The molecule has 1 nitrogen and oxygen atoms in total. The maximum atomic E-state index is 2.51. The van der Waals surface area contributed by atoms with E-state index in [1.54, 1.807) is 0 Å². The molecule has 1 aliphatic rings. The molecule has 1 fully saturated rings. The van der Waals surface area contributed by atoms with Crippen LogP contribution in [0.5, 0.6) is 0 Å². The molecule has 0 aromatic heterocycles. The van der Waals surface area contributed by atoms with Gasteiger partial charge in [0.25, 0.3) is 0 Å². The third-order valence-corrected chi connectivity index (χ3v) is 3.20. The molecular weight excluding hydrogens is 134 g/mol. The van der Waals surface area contributed by atoms with Crippen LogP contribution < -0.4 is 0 Å². The van der Waals surface area contributed by atoms with Crippen LogP contribution in [0.3, 0.4) is 0 Å². The Hall–Kier alpha value is -0.0400. The summed E-state index contributed by atoms with van der Waals surface area (Å²) in [7, 11) is 2.25. The van der Waals surface area contributed by atoms with Gasteiger partial charge in [0.05, 0.1) is 0 Å². The Labute approximate surface area is 70.8 Å². The quantitative estimate of drug-likeness (QED) is 0.561. The fourth-order valence-electron chi connectivity index (χ4n) is 2.60. The van der Waals surface area contributed by atoms with Gasteiger partial charge in [-0.05, 0) is 24.8 Å². The average Bonchev–Trinajstić information content (AvgIpc) is 2.07. The highest BCUT2D eigenvalue weighted by molar-refractivity contribution is 4.88. The second-order valence-corrected chi connectivity index (χ2v) is 4.51. The van der Waals surface area contributed by atoms with Gasteiger partial charge >= 0.3 is 0 Å². The van der Waals surface area contributed by atoms with Crippen molar-refractivity contribution in [3.8, 4) is 0 Å². The molecule has 0 N–H and O–H groups in total. The van der Waals surface area contributed by atoms with Gasteiger partial charge in [-0.25, -0.2) is 0 Å². The van der Waals surface area contributed by atoms with Gasteiger partial charge < -0.3 is 4.90 Å². The number of hydrogen-bond acceptors (Lipinski definition) is 1. The molecule has 0 aromatic rings. The van der Waals surface area contributed by atoms with E-state index in [1.165, 1.54) is 6.54 Å². The highest BCUT2D eigenvalue weighted by Crippen LogP contribution is 2.31. The van der Waals surface area contributed by atoms with Crippen molar-refractivity contribution in [2.75, 3.05) is 13.6 Å². The van der Waals surface area contributed by atoms with Crippen molar-refractivity contribution in [3.63, 3.8) is 0 Å². The maximum Gasteiger partial charge on any atom is 0.0144 e. The molecule has 0 aliphatic carbocycles. The number of hydrogen-bond donors (Lipinski definition) is 0. The zero-order valence-electron chi connectivity index (χ0n) is 8.46. The number of nitrogens with zero attached hydrogens (tertiary/aromatic N) is 1. The molecule has 0 spiro atoms. The van der Waals surface area contributed by atoms with Crippen LogP contribution in [0.4, 0.5) is 0 Å². The predicted molar refractivity (Wildman–Crippen MR) is 49.6 cm³/mol. The standard InChI is InChI=1S/C10H21N/c1-7(2)10-9(4)8(3)6-11(10)5/h7-10H,6H2,1-5H3/t8-,9-,10?/m0/s1. The molecule has 11 heavy (non-hydrogen) atoms. The summed E-state index contributed by atoms with van der Waals surface area (Å²) in [6.07, 6.45) is 0. The van der Waals surface area contributed by atoms with E-state index in [-0.39, 0.29) is 0 Å². The van der Waals surface area contributed by atoms with Gasteiger partial charge in [-0.15, -0.1) is 0 Å². The van der Waals surface area contributed by atoms with E-state index in [9.17, 15) is 0 Å². The van der Waals surface area contributed by atoms with Crippen LogP contribution in [-0.4, -0.2) is 24.5 Å². The molecule has 0 amide bonds. The van der Waals surface area contributed by atoms with Gasteiger partial charge in [-0.3, -0.25) is 0 Å². The van der Waals surface area contributed by atoms with Crippen LogP contribution in [0.15, 0.2) is 0 Å². The Bertz CT molecular complexity index is 131. The first-order chi connectivity index (χ1) is 5.04. The van der Waals surface area contributed by atoms with Gasteiger partial charge in [0.2, 0.25) is 0 Å². The van der Waals surface area contributed by atoms with Crippen LogP contribution in [0.1, 0.15) is 27.7 Å². The third-order valence-electron chi connectivity index (χ3n) is 3.20. The predicted octanol–water partition coefficient (Wildman–Crippen LogP) is 2.23. The maximum absolute atomic E-state index is 2.51. The van der Waals surface area contributed by atoms with E-state index >= 15 is 0 Å². The summed E-state index contributed by atoms with van der Waals surface area (Å²) in [6, 6.07) is 0.810. The van der Waals surface area contributed by atoms with Crippen molar-refractivity contribution >= 4 is 0 Å². The number of likely N-dealkylation sites (tertiary alicyclic amines) is 1. The van der Waals surface area contributed by atoms with Crippen LogP contribution in [0.25, 0.3) is 0 Å². The Morgan fingerprint density at radius 1 is 1.27 bits per heavy atom. The summed E-state index contributed by atoms with van der Waals surface area (Å²) in [5.41, 5.74) is 0. The molecule has 3 atom stereocenters. The fraction of sp³-hybridized carbons (Fsp3) is 1.00. The molecule has 0 aromatic carbocycles. The number of rotatable bonds is 1. The van der Waals surface area contributed by atoms with Crippen LogP contribution in [-0.2, 0) is 0 Å². The Morgan fingerprint density at radius 3 is 2.00 bits per heavy atom. The van der Waals surface area contributed by atoms with Crippen molar-refractivity contribution in [1.29, 1.82) is 0 Å². The summed E-state index contributed by atoms with van der Waals surface area (Å²) in [6.45, 7) is 10.7. The molecule has 1 rings (SSSR count). The van der Waals surface area contributed by atoms with Gasteiger partial charge in [0.1, 0.15) is 0 Å². The van der Waals surface area contributed by atoms with Gasteiger partial charge in [-0.2, -0.15) is 0 Å². The fourth-order valence-corrected chi connectivity index (χ4v) is 2.60. The zero-order valence-corrected chi connectivity index (χ0v) is 8.46. The summed E-state index contributed by atoms with van der Waals surface area (Å²) in [5.74, 6) is 2.56.